The van der Waals surface area contributed by atoms with E-state index >= 15 is 0 Å². The maximum absolute atomic E-state index is 10.4. The molecule has 0 fully saturated rings. The molecular weight excluding hydrogens is 585 g/mol. The van der Waals surface area contributed by atoms with Crippen LogP contribution in [-0.2, 0) is 0 Å². The minimum atomic E-state index is 0.617. The summed E-state index contributed by atoms with van der Waals surface area (Å²) in [5.74, 6) is 0. The second-order valence-electron chi connectivity index (χ2n) is 12.0. The predicted molar refractivity (Wildman–Crippen MR) is 195 cm³/mol. The van der Waals surface area contributed by atoms with Crippen molar-refractivity contribution in [3.05, 3.63) is 169 Å². The molecule has 0 saturated heterocycles. The first-order chi connectivity index (χ1) is 23.7. The van der Waals surface area contributed by atoms with Gasteiger partial charge in [-0.3, -0.25) is 0 Å². The number of hydrogen-bond donors (Lipinski definition) is 0. The predicted octanol–water partition coefficient (Wildman–Crippen LogP) is 11.0. The third-order valence-corrected chi connectivity index (χ3v) is 9.41. The number of benzene rings is 7. The van der Waals surface area contributed by atoms with Gasteiger partial charge in [-0.1, -0.05) is 103 Å². The highest BCUT2D eigenvalue weighted by Crippen LogP contribution is 2.39. The summed E-state index contributed by atoms with van der Waals surface area (Å²) in [6.07, 6.45) is 0. The summed E-state index contributed by atoms with van der Waals surface area (Å²) in [4.78, 5) is 0. The van der Waals surface area contributed by atoms with E-state index in [9.17, 15) is 10.5 Å². The molecule has 0 spiro atoms. The highest BCUT2D eigenvalue weighted by molar-refractivity contribution is 6.12. The van der Waals surface area contributed by atoms with Crippen LogP contribution in [0.1, 0.15) is 11.1 Å². The van der Waals surface area contributed by atoms with Crippen molar-refractivity contribution in [3.63, 3.8) is 0 Å². The second kappa shape index (κ2) is 10.9. The third-order valence-electron chi connectivity index (χ3n) is 9.41. The van der Waals surface area contributed by atoms with E-state index in [-0.39, 0.29) is 0 Å². The molecule has 0 N–H and O–H groups in total. The molecule has 0 atom stereocenters. The van der Waals surface area contributed by atoms with Gasteiger partial charge in [0.05, 0.1) is 51.0 Å². The Hall–Kier alpha value is -6.88. The van der Waals surface area contributed by atoms with Gasteiger partial charge in [0.1, 0.15) is 0 Å². The molecule has 4 heteroatoms. The first-order valence-corrected chi connectivity index (χ1v) is 15.9. The first kappa shape index (κ1) is 27.4. The summed E-state index contributed by atoms with van der Waals surface area (Å²) in [5.41, 5.74) is 11.5. The van der Waals surface area contributed by atoms with E-state index in [0.29, 0.717) is 11.1 Å². The Morgan fingerprint density at radius 3 is 1.67 bits per heavy atom. The fraction of sp³-hybridized carbons (Fsp3) is 0. The summed E-state index contributed by atoms with van der Waals surface area (Å²) >= 11 is 0. The molecule has 48 heavy (non-hydrogen) atoms. The lowest BCUT2D eigenvalue weighted by Crippen LogP contribution is -1.98. The molecular formula is C44H26N4. The van der Waals surface area contributed by atoms with Crippen LogP contribution in [0.4, 0.5) is 0 Å². The molecule has 9 rings (SSSR count). The lowest BCUT2D eigenvalue weighted by Gasteiger charge is -2.15. The molecule has 0 radical (unpaired) electrons. The molecule has 222 valence electrons. The molecule has 9 aromatic rings. The number of nitriles is 2. The first-order valence-electron chi connectivity index (χ1n) is 15.9. The van der Waals surface area contributed by atoms with Gasteiger partial charge in [-0.05, 0) is 71.3 Å². The smallest absolute Gasteiger partial charge is 0.0998 e. The molecule has 2 heterocycles. The van der Waals surface area contributed by atoms with E-state index in [2.05, 4.69) is 149 Å². The normalized spacial score (nSPS) is 11.3. The molecule has 0 bridgehead atoms. The van der Waals surface area contributed by atoms with Crippen LogP contribution in [0.3, 0.4) is 0 Å². The number of rotatable bonds is 4. The molecule has 0 aliphatic carbocycles. The van der Waals surface area contributed by atoms with Crippen LogP contribution in [0, 0.1) is 22.7 Å². The number of hydrogen-bond acceptors (Lipinski definition) is 2. The van der Waals surface area contributed by atoms with Gasteiger partial charge in [-0.2, -0.15) is 10.5 Å². The monoisotopic (exact) mass is 610 g/mol. The van der Waals surface area contributed by atoms with Gasteiger partial charge in [0, 0.05) is 32.8 Å². The van der Waals surface area contributed by atoms with Crippen molar-refractivity contribution in [1.82, 2.24) is 9.13 Å². The molecule has 0 aliphatic heterocycles. The van der Waals surface area contributed by atoms with Crippen LogP contribution in [0.15, 0.2) is 158 Å². The zero-order valence-electron chi connectivity index (χ0n) is 25.8. The van der Waals surface area contributed by atoms with Crippen molar-refractivity contribution in [2.45, 2.75) is 0 Å². The van der Waals surface area contributed by atoms with Crippen LogP contribution < -0.4 is 0 Å². The van der Waals surface area contributed by atoms with Crippen molar-refractivity contribution in [3.8, 4) is 45.8 Å². The van der Waals surface area contributed by atoms with E-state index < -0.39 is 0 Å². The highest BCUT2D eigenvalue weighted by Gasteiger charge is 2.18. The Balaban J connectivity index is 1.20. The van der Waals surface area contributed by atoms with Crippen LogP contribution in [0.5, 0.6) is 0 Å². The standard InChI is InChI=1S/C44H26N4/c45-27-31-13-10-22-43-44(31)38-17-4-8-21-42(38)48(43)39-18-5-1-14-35(39)30-12-9-11-29(25-30)34-24-23-33(26-32(34)28-46)47-40-19-6-2-15-36(40)37-16-3-7-20-41(37)47/h1-26H. The zero-order valence-corrected chi connectivity index (χ0v) is 25.8. The van der Waals surface area contributed by atoms with Crippen LogP contribution in [0.25, 0.3) is 77.2 Å². The Morgan fingerprint density at radius 2 is 0.958 bits per heavy atom. The highest BCUT2D eigenvalue weighted by atomic mass is 15.0. The fourth-order valence-corrected chi connectivity index (χ4v) is 7.36. The van der Waals surface area contributed by atoms with Crippen LogP contribution in [0.2, 0.25) is 0 Å². The summed E-state index contributed by atoms with van der Waals surface area (Å²) in [6.45, 7) is 0. The Kier molecular flexibility index (Phi) is 6.22. The SMILES string of the molecule is N#Cc1cc(-n2c3ccccc3c3ccccc32)ccc1-c1cccc(-c2ccccc2-n2c3ccccc3c3c(C#N)cccc32)c1. The average Bonchev–Trinajstić information content (AvgIpc) is 3.68. The topological polar surface area (TPSA) is 57.4 Å². The second-order valence-corrected chi connectivity index (χ2v) is 12.0. The maximum Gasteiger partial charge on any atom is 0.0998 e. The maximum atomic E-state index is 10.4. The van der Waals surface area contributed by atoms with Crippen molar-refractivity contribution >= 4 is 43.6 Å². The van der Waals surface area contributed by atoms with Gasteiger partial charge >= 0.3 is 0 Å². The van der Waals surface area contributed by atoms with Gasteiger partial charge < -0.3 is 9.13 Å². The molecule has 0 saturated carbocycles. The quantitative estimate of drug-likeness (QED) is 0.199. The van der Waals surface area contributed by atoms with E-state index in [1.165, 1.54) is 10.8 Å². The Labute approximate surface area is 277 Å². The lowest BCUT2D eigenvalue weighted by molar-refractivity contribution is 1.18. The number of aromatic nitrogens is 2. The third kappa shape index (κ3) is 4.07. The van der Waals surface area contributed by atoms with Gasteiger partial charge in [-0.15, -0.1) is 0 Å². The van der Waals surface area contributed by atoms with E-state index in [1.54, 1.807) is 0 Å². The molecule has 0 aliphatic rings. The number of nitrogens with zero attached hydrogens (tertiary/aromatic N) is 4. The number of para-hydroxylation sites is 4. The van der Waals surface area contributed by atoms with Crippen molar-refractivity contribution in [1.29, 1.82) is 10.5 Å². The van der Waals surface area contributed by atoms with Gasteiger partial charge in [0.2, 0.25) is 0 Å². The minimum absolute atomic E-state index is 0.617. The van der Waals surface area contributed by atoms with Gasteiger partial charge in [-0.25, -0.2) is 0 Å². The van der Waals surface area contributed by atoms with Gasteiger partial charge in [0.25, 0.3) is 0 Å². The molecule has 0 amide bonds. The van der Waals surface area contributed by atoms with Crippen LogP contribution in [-0.4, -0.2) is 9.13 Å². The van der Waals surface area contributed by atoms with Crippen molar-refractivity contribution in [2.75, 3.05) is 0 Å². The summed E-state index contributed by atoms with van der Waals surface area (Å²) in [7, 11) is 0. The molecule has 4 nitrogen and oxygen atoms in total. The van der Waals surface area contributed by atoms with Crippen molar-refractivity contribution in [2.24, 2.45) is 0 Å². The molecule has 0 unspecified atom stereocenters. The Bertz CT molecular complexity index is 2760. The fourth-order valence-electron chi connectivity index (χ4n) is 7.36. The lowest BCUT2D eigenvalue weighted by atomic mass is 9.95. The Morgan fingerprint density at radius 1 is 0.396 bits per heavy atom. The molecule has 7 aromatic carbocycles. The minimum Gasteiger partial charge on any atom is -0.309 e. The zero-order chi connectivity index (χ0) is 32.2. The summed E-state index contributed by atoms with van der Waals surface area (Å²) in [5, 5.41) is 24.8. The van der Waals surface area contributed by atoms with Crippen LogP contribution >= 0.6 is 0 Å². The van der Waals surface area contributed by atoms with E-state index in [0.717, 1.165) is 66.5 Å². The van der Waals surface area contributed by atoms with E-state index in [4.69, 9.17) is 0 Å². The van der Waals surface area contributed by atoms with Gasteiger partial charge in [0.15, 0.2) is 0 Å². The number of fused-ring (bicyclic) bond motifs is 6. The summed E-state index contributed by atoms with van der Waals surface area (Å²) < 4.78 is 4.50. The molecule has 2 aromatic heterocycles. The van der Waals surface area contributed by atoms with E-state index in [1.807, 2.05) is 30.3 Å². The average molecular weight is 611 g/mol. The van der Waals surface area contributed by atoms with Crippen molar-refractivity contribution < 1.29 is 0 Å². The summed E-state index contributed by atoms with van der Waals surface area (Å²) in [6, 6.07) is 58.9. The largest absolute Gasteiger partial charge is 0.309 e.